The van der Waals surface area contributed by atoms with Gasteiger partial charge in [0.15, 0.2) is 5.13 Å². The minimum atomic E-state index is -0.257. The lowest BCUT2D eigenvalue weighted by atomic mass is 9.88. The lowest BCUT2D eigenvalue weighted by molar-refractivity contribution is -0.120. The van der Waals surface area contributed by atoms with Crippen molar-refractivity contribution >= 4 is 22.4 Å². The number of hydrogen-bond acceptors (Lipinski definition) is 5. The molecule has 2 atom stereocenters. The molecule has 2 heterocycles. The Hall–Kier alpha value is -0.980. The maximum absolute atomic E-state index is 12.2. The van der Waals surface area contributed by atoms with Gasteiger partial charge in [-0.05, 0) is 25.2 Å². The number of aryl methyl sites for hydroxylation is 1. The Morgan fingerprint density at radius 3 is 3.24 bits per heavy atom. The Morgan fingerprint density at radius 1 is 1.57 bits per heavy atom. The van der Waals surface area contributed by atoms with Crippen LogP contribution in [0.4, 0.5) is 5.13 Å². The first-order valence-corrected chi connectivity index (χ1v) is 8.68. The summed E-state index contributed by atoms with van der Waals surface area (Å²) < 4.78 is 5.32. The summed E-state index contributed by atoms with van der Waals surface area (Å²) in [5.41, 5.74) is 1.19. The van der Waals surface area contributed by atoms with Gasteiger partial charge in [0, 0.05) is 11.4 Å². The molecule has 0 spiro atoms. The summed E-state index contributed by atoms with van der Waals surface area (Å²) in [4.78, 5) is 18.1. The molecule has 0 aromatic carbocycles. The van der Waals surface area contributed by atoms with Gasteiger partial charge in [0.2, 0.25) is 5.91 Å². The Bertz CT molecular complexity index is 497. The number of carbonyl (C=O) groups is 1. The van der Waals surface area contributed by atoms with Crippen LogP contribution in [0.25, 0.3) is 0 Å². The van der Waals surface area contributed by atoms with Gasteiger partial charge in [0.05, 0.1) is 18.9 Å². The van der Waals surface area contributed by atoms with E-state index in [1.54, 1.807) is 11.3 Å². The number of hydrogen-bond donors (Lipinski definition) is 2. The van der Waals surface area contributed by atoms with Gasteiger partial charge in [-0.25, -0.2) is 4.98 Å². The van der Waals surface area contributed by atoms with E-state index in [0.717, 1.165) is 30.4 Å². The molecule has 2 N–H and O–H groups in total. The third kappa shape index (κ3) is 3.62. The number of morpholine rings is 1. The first-order valence-electron chi connectivity index (χ1n) is 7.87. The Labute approximate surface area is 129 Å². The van der Waals surface area contributed by atoms with Gasteiger partial charge in [-0.1, -0.05) is 19.8 Å². The Kier molecular flexibility index (Phi) is 4.87. The largest absolute Gasteiger partial charge is 0.378 e. The van der Waals surface area contributed by atoms with Crippen LogP contribution in [-0.2, 0) is 22.4 Å². The topological polar surface area (TPSA) is 63.2 Å². The third-order valence-corrected chi connectivity index (χ3v) is 5.24. The van der Waals surface area contributed by atoms with E-state index in [0.29, 0.717) is 13.2 Å². The molecule has 1 fully saturated rings. The average molecular weight is 309 g/mol. The molecule has 6 heteroatoms. The van der Waals surface area contributed by atoms with Crippen molar-refractivity contribution < 1.29 is 9.53 Å². The maximum Gasteiger partial charge on any atom is 0.245 e. The minimum absolute atomic E-state index is 0.0362. The number of nitrogens with one attached hydrogen (secondary N) is 2. The molecule has 1 saturated heterocycles. The monoisotopic (exact) mass is 309 g/mol. The van der Waals surface area contributed by atoms with E-state index >= 15 is 0 Å². The zero-order valence-electron chi connectivity index (χ0n) is 12.5. The van der Waals surface area contributed by atoms with E-state index in [9.17, 15) is 4.79 Å². The van der Waals surface area contributed by atoms with Gasteiger partial charge in [-0.15, -0.1) is 11.3 Å². The minimum Gasteiger partial charge on any atom is -0.378 e. The Balaban J connectivity index is 1.61. The fraction of sp³-hybridized carbons (Fsp3) is 0.733. The number of ether oxygens (including phenoxy) is 1. The molecule has 0 saturated carbocycles. The van der Waals surface area contributed by atoms with Crippen LogP contribution in [0, 0.1) is 5.92 Å². The van der Waals surface area contributed by atoms with Crippen molar-refractivity contribution in [2.45, 2.75) is 45.1 Å². The molecule has 5 nitrogen and oxygen atoms in total. The highest BCUT2D eigenvalue weighted by Crippen LogP contribution is 2.34. The second kappa shape index (κ2) is 6.85. The quantitative estimate of drug-likeness (QED) is 0.892. The summed E-state index contributed by atoms with van der Waals surface area (Å²) in [5.74, 6) is 0.755. The van der Waals surface area contributed by atoms with Gasteiger partial charge in [0.1, 0.15) is 6.04 Å². The number of carbonyl (C=O) groups excluding carboxylic acids is 1. The molecule has 3 rings (SSSR count). The lowest BCUT2D eigenvalue weighted by Crippen LogP contribution is -2.48. The van der Waals surface area contributed by atoms with E-state index in [1.165, 1.54) is 29.8 Å². The van der Waals surface area contributed by atoms with E-state index in [-0.39, 0.29) is 11.9 Å². The zero-order chi connectivity index (χ0) is 14.7. The predicted octanol–water partition coefficient (Wildman–Crippen LogP) is 1.97. The summed E-state index contributed by atoms with van der Waals surface area (Å²) in [6.45, 7) is 4.09. The smallest absolute Gasteiger partial charge is 0.245 e. The summed E-state index contributed by atoms with van der Waals surface area (Å²) >= 11 is 1.65. The highest BCUT2D eigenvalue weighted by molar-refractivity contribution is 7.15. The van der Waals surface area contributed by atoms with Crippen LogP contribution < -0.4 is 10.6 Å². The van der Waals surface area contributed by atoms with Crippen molar-refractivity contribution in [3.8, 4) is 0 Å². The first-order chi connectivity index (χ1) is 10.3. The average Bonchev–Trinajstić information content (AvgIpc) is 2.90. The molecule has 0 bridgehead atoms. The summed E-state index contributed by atoms with van der Waals surface area (Å²) in [7, 11) is 0. The second-order valence-electron chi connectivity index (χ2n) is 5.86. The van der Waals surface area contributed by atoms with Crippen LogP contribution in [0.1, 0.15) is 36.8 Å². The second-order valence-corrected chi connectivity index (χ2v) is 6.94. The molecule has 0 radical (unpaired) electrons. The molecular weight excluding hydrogens is 286 g/mol. The molecular formula is C15H23N3O2S. The van der Waals surface area contributed by atoms with Crippen molar-refractivity contribution in [3.63, 3.8) is 0 Å². The van der Waals surface area contributed by atoms with Crippen molar-refractivity contribution in [2.24, 2.45) is 5.92 Å². The van der Waals surface area contributed by atoms with E-state index < -0.39 is 0 Å². The number of nitrogens with zero attached hydrogens (tertiary/aromatic N) is 1. The van der Waals surface area contributed by atoms with E-state index in [1.807, 2.05) is 0 Å². The van der Waals surface area contributed by atoms with Crippen molar-refractivity contribution in [1.29, 1.82) is 0 Å². The molecule has 116 valence electrons. The molecule has 0 unspecified atom stereocenters. The molecule has 1 aliphatic heterocycles. The molecule has 2 aliphatic rings. The number of anilines is 1. The summed E-state index contributed by atoms with van der Waals surface area (Å²) in [6, 6.07) is -0.257. The van der Waals surface area contributed by atoms with Crippen LogP contribution in [0.3, 0.4) is 0 Å². The fourth-order valence-corrected chi connectivity index (χ4v) is 4.20. The highest BCUT2D eigenvalue weighted by Gasteiger charge is 2.25. The van der Waals surface area contributed by atoms with E-state index in [2.05, 4.69) is 22.5 Å². The van der Waals surface area contributed by atoms with Gasteiger partial charge < -0.3 is 15.4 Å². The van der Waals surface area contributed by atoms with Crippen molar-refractivity contribution in [3.05, 3.63) is 10.6 Å². The van der Waals surface area contributed by atoms with Gasteiger partial charge in [0.25, 0.3) is 0 Å². The van der Waals surface area contributed by atoms with Crippen LogP contribution in [0.5, 0.6) is 0 Å². The van der Waals surface area contributed by atoms with Crippen molar-refractivity contribution in [1.82, 2.24) is 10.3 Å². The van der Waals surface area contributed by atoms with Crippen LogP contribution in [-0.4, -0.2) is 36.7 Å². The predicted molar refractivity (Wildman–Crippen MR) is 83.8 cm³/mol. The van der Waals surface area contributed by atoms with Crippen LogP contribution in [0.15, 0.2) is 0 Å². The number of rotatable bonds is 4. The maximum atomic E-state index is 12.2. The van der Waals surface area contributed by atoms with Crippen molar-refractivity contribution in [2.75, 3.05) is 25.1 Å². The summed E-state index contributed by atoms with van der Waals surface area (Å²) in [5, 5.41) is 6.85. The molecule has 1 amide bonds. The molecule has 1 aromatic rings. The number of thiazole rings is 1. The summed E-state index contributed by atoms with van der Waals surface area (Å²) in [6.07, 6.45) is 5.95. The van der Waals surface area contributed by atoms with Gasteiger partial charge in [-0.3, -0.25) is 4.79 Å². The third-order valence-electron chi connectivity index (χ3n) is 4.21. The molecule has 1 aromatic heterocycles. The van der Waals surface area contributed by atoms with Gasteiger partial charge in [-0.2, -0.15) is 0 Å². The number of amides is 1. The van der Waals surface area contributed by atoms with Crippen LogP contribution in [0.2, 0.25) is 0 Å². The SMILES string of the molecule is CCC[C@@H]1CCc2nc(NC(=O)[C@H]3COCCN3)sc2C1. The van der Waals surface area contributed by atoms with Crippen LogP contribution >= 0.6 is 11.3 Å². The molecule has 21 heavy (non-hydrogen) atoms. The van der Waals surface area contributed by atoms with Gasteiger partial charge >= 0.3 is 0 Å². The lowest BCUT2D eigenvalue weighted by Gasteiger charge is -2.22. The highest BCUT2D eigenvalue weighted by atomic mass is 32.1. The standard InChI is InChI=1S/C15H23N3O2S/c1-2-3-10-4-5-11-13(8-10)21-15(17-11)18-14(19)12-9-20-7-6-16-12/h10,12,16H,2-9H2,1H3,(H,17,18,19)/t10-,12-/m1/s1. The first kappa shape index (κ1) is 14.9. The number of fused-ring (bicyclic) bond motifs is 1. The fourth-order valence-electron chi connectivity index (χ4n) is 3.08. The molecule has 1 aliphatic carbocycles. The number of aromatic nitrogens is 1. The van der Waals surface area contributed by atoms with E-state index in [4.69, 9.17) is 4.74 Å². The Morgan fingerprint density at radius 2 is 2.48 bits per heavy atom. The normalized spacial score (nSPS) is 25.4. The zero-order valence-corrected chi connectivity index (χ0v) is 13.3.